The van der Waals surface area contributed by atoms with Crippen LogP contribution < -0.4 is 5.32 Å². The second kappa shape index (κ2) is 6.87. The van der Waals surface area contributed by atoms with Crippen molar-refractivity contribution < 1.29 is 14.3 Å². The largest absolute Gasteiger partial charge is 0.462 e. The number of anilines is 1. The highest BCUT2D eigenvalue weighted by Crippen LogP contribution is 2.28. The number of carbonyl (C=O) groups excluding carboxylic acids is 2. The summed E-state index contributed by atoms with van der Waals surface area (Å²) in [6.07, 6.45) is 0. The second-order valence-electron chi connectivity index (χ2n) is 4.31. The average molecular weight is 368 g/mol. The monoisotopic (exact) mass is 367 g/mol. The number of carbonyl (C=O) groups is 2. The van der Waals surface area contributed by atoms with Gasteiger partial charge in [0.15, 0.2) is 0 Å². The molecule has 0 aliphatic rings. The molecule has 0 fully saturated rings. The van der Waals surface area contributed by atoms with Gasteiger partial charge >= 0.3 is 5.97 Å². The summed E-state index contributed by atoms with van der Waals surface area (Å²) in [6.45, 7) is 3.91. The zero-order chi connectivity index (χ0) is 15.4. The number of esters is 1. The van der Waals surface area contributed by atoms with Gasteiger partial charge in [-0.1, -0.05) is 22.0 Å². The highest BCUT2D eigenvalue weighted by Gasteiger charge is 2.16. The molecule has 6 heteroatoms. The quantitative estimate of drug-likeness (QED) is 0.821. The number of hydrogen-bond acceptors (Lipinski definition) is 4. The lowest BCUT2D eigenvalue weighted by molar-refractivity contribution is 0.0531. The fraction of sp³-hybridized carbons (Fsp3) is 0.200. The number of thiophene rings is 1. The van der Waals surface area contributed by atoms with Crippen LogP contribution in [0, 0.1) is 6.92 Å². The third-order valence-corrected chi connectivity index (χ3v) is 4.33. The smallest absolute Gasteiger partial charge is 0.348 e. The van der Waals surface area contributed by atoms with Crippen LogP contribution in [-0.2, 0) is 4.74 Å². The molecule has 0 aliphatic carbocycles. The molecular formula is C15H14BrNO3S. The molecule has 2 rings (SSSR count). The molecule has 1 aromatic carbocycles. The molecule has 0 bridgehead atoms. The predicted molar refractivity (Wildman–Crippen MR) is 87.1 cm³/mol. The van der Waals surface area contributed by atoms with E-state index in [-0.39, 0.29) is 11.9 Å². The van der Waals surface area contributed by atoms with Gasteiger partial charge in [-0.3, -0.25) is 4.79 Å². The van der Waals surface area contributed by atoms with Crippen LogP contribution in [0.15, 0.2) is 34.8 Å². The highest BCUT2D eigenvalue weighted by atomic mass is 79.9. The molecule has 0 atom stereocenters. The molecule has 1 aromatic heterocycles. The summed E-state index contributed by atoms with van der Waals surface area (Å²) < 4.78 is 5.82. The first-order valence-corrected chi connectivity index (χ1v) is 7.96. The van der Waals surface area contributed by atoms with Crippen molar-refractivity contribution in [2.24, 2.45) is 0 Å². The highest BCUT2D eigenvalue weighted by molar-refractivity contribution is 9.10. The Morgan fingerprint density at radius 2 is 2.10 bits per heavy atom. The molecule has 0 saturated carbocycles. The van der Waals surface area contributed by atoms with Crippen LogP contribution in [-0.4, -0.2) is 18.5 Å². The summed E-state index contributed by atoms with van der Waals surface area (Å²) in [4.78, 5) is 24.4. The van der Waals surface area contributed by atoms with Gasteiger partial charge < -0.3 is 10.1 Å². The maximum atomic E-state index is 12.1. The molecule has 2 aromatic rings. The van der Waals surface area contributed by atoms with E-state index in [2.05, 4.69) is 21.2 Å². The van der Waals surface area contributed by atoms with Gasteiger partial charge in [-0.15, -0.1) is 11.3 Å². The van der Waals surface area contributed by atoms with Gasteiger partial charge in [0.1, 0.15) is 4.88 Å². The number of ether oxygens (including phenoxy) is 1. The maximum absolute atomic E-state index is 12.1. The standard InChI is InChI=1S/C15H14BrNO3S/c1-3-20-15(19)13-9(2)7-12(21-13)17-14(18)10-5-4-6-11(16)8-10/h4-8H,3H2,1-2H3,(H,17,18). The Kier molecular flexibility index (Phi) is 5.14. The van der Waals surface area contributed by atoms with Crippen molar-refractivity contribution in [2.75, 3.05) is 11.9 Å². The van der Waals surface area contributed by atoms with Gasteiger partial charge in [0.05, 0.1) is 11.6 Å². The van der Waals surface area contributed by atoms with Gasteiger partial charge in [-0.25, -0.2) is 4.79 Å². The van der Waals surface area contributed by atoms with Gasteiger partial charge in [0.25, 0.3) is 5.91 Å². The number of hydrogen-bond donors (Lipinski definition) is 1. The van der Waals surface area contributed by atoms with Gasteiger partial charge in [-0.05, 0) is 43.7 Å². The Labute approximate surface area is 135 Å². The number of rotatable bonds is 4. The minimum absolute atomic E-state index is 0.215. The normalized spacial score (nSPS) is 10.2. The molecule has 0 radical (unpaired) electrons. The first kappa shape index (κ1) is 15.7. The fourth-order valence-electron chi connectivity index (χ4n) is 1.76. The van der Waals surface area contributed by atoms with E-state index < -0.39 is 0 Å². The molecule has 21 heavy (non-hydrogen) atoms. The van der Waals surface area contributed by atoms with E-state index in [1.54, 1.807) is 31.2 Å². The molecule has 1 heterocycles. The third kappa shape index (κ3) is 3.92. The summed E-state index contributed by atoms with van der Waals surface area (Å²) in [5.74, 6) is -0.573. The lowest BCUT2D eigenvalue weighted by Crippen LogP contribution is -2.10. The van der Waals surface area contributed by atoms with E-state index in [9.17, 15) is 9.59 Å². The number of benzene rings is 1. The van der Waals surface area contributed by atoms with Crippen LogP contribution in [0.25, 0.3) is 0 Å². The van der Waals surface area contributed by atoms with Crippen LogP contribution in [0.3, 0.4) is 0 Å². The SMILES string of the molecule is CCOC(=O)c1sc(NC(=O)c2cccc(Br)c2)cc1C. The van der Waals surface area contributed by atoms with Gasteiger partial charge in [0.2, 0.25) is 0 Å². The van der Waals surface area contributed by atoms with Gasteiger partial charge in [0, 0.05) is 10.0 Å². The topological polar surface area (TPSA) is 55.4 Å². The summed E-state index contributed by atoms with van der Waals surface area (Å²) in [6, 6.07) is 8.88. The molecule has 0 spiro atoms. The van der Waals surface area contributed by atoms with Crippen molar-refractivity contribution in [3.8, 4) is 0 Å². The van der Waals surface area contributed by atoms with Gasteiger partial charge in [-0.2, -0.15) is 0 Å². The van der Waals surface area contributed by atoms with Crippen LogP contribution in [0.2, 0.25) is 0 Å². The van der Waals surface area contributed by atoms with Crippen LogP contribution in [0.5, 0.6) is 0 Å². The van der Waals surface area contributed by atoms with Crippen molar-refractivity contribution in [1.82, 2.24) is 0 Å². The first-order valence-electron chi connectivity index (χ1n) is 6.35. The first-order chi connectivity index (χ1) is 10.0. The van der Waals surface area contributed by atoms with E-state index in [4.69, 9.17) is 4.74 Å². The molecule has 0 saturated heterocycles. The van der Waals surface area contributed by atoms with E-state index in [1.165, 1.54) is 11.3 Å². The Morgan fingerprint density at radius 1 is 1.33 bits per heavy atom. The number of amides is 1. The zero-order valence-electron chi connectivity index (χ0n) is 11.6. The Hall–Kier alpha value is -1.66. The van der Waals surface area contributed by atoms with Crippen molar-refractivity contribution in [3.63, 3.8) is 0 Å². The molecule has 0 unspecified atom stereocenters. The summed E-state index contributed by atoms with van der Waals surface area (Å²) >= 11 is 4.55. The number of nitrogens with one attached hydrogen (secondary N) is 1. The maximum Gasteiger partial charge on any atom is 0.348 e. The second-order valence-corrected chi connectivity index (χ2v) is 6.28. The molecular weight excluding hydrogens is 354 g/mol. The van der Waals surface area contributed by atoms with E-state index in [0.717, 1.165) is 10.0 Å². The number of halogens is 1. The lowest BCUT2D eigenvalue weighted by Gasteiger charge is -2.02. The molecule has 4 nitrogen and oxygen atoms in total. The van der Waals surface area contributed by atoms with Crippen LogP contribution >= 0.6 is 27.3 Å². The van der Waals surface area contributed by atoms with Crippen LogP contribution in [0.4, 0.5) is 5.00 Å². The fourth-order valence-corrected chi connectivity index (χ4v) is 3.12. The Balaban J connectivity index is 2.15. The Morgan fingerprint density at radius 3 is 2.76 bits per heavy atom. The van der Waals surface area contributed by atoms with E-state index in [0.29, 0.717) is 22.0 Å². The average Bonchev–Trinajstić information content (AvgIpc) is 2.80. The minimum atomic E-state index is -0.358. The van der Waals surface area contributed by atoms with Crippen molar-refractivity contribution >= 4 is 44.1 Å². The zero-order valence-corrected chi connectivity index (χ0v) is 14.0. The van der Waals surface area contributed by atoms with Crippen LogP contribution in [0.1, 0.15) is 32.5 Å². The molecule has 0 aliphatic heterocycles. The summed E-state index contributed by atoms with van der Waals surface area (Å²) in [5.41, 5.74) is 1.34. The van der Waals surface area contributed by atoms with E-state index >= 15 is 0 Å². The van der Waals surface area contributed by atoms with Crippen molar-refractivity contribution in [3.05, 3.63) is 50.8 Å². The number of aryl methyl sites for hydroxylation is 1. The predicted octanol–water partition coefficient (Wildman–Crippen LogP) is 4.25. The van der Waals surface area contributed by atoms with E-state index in [1.807, 2.05) is 13.0 Å². The third-order valence-electron chi connectivity index (χ3n) is 2.70. The Bertz CT molecular complexity index is 681. The van der Waals surface area contributed by atoms with Crippen molar-refractivity contribution in [1.29, 1.82) is 0 Å². The van der Waals surface area contributed by atoms with Crippen molar-refractivity contribution in [2.45, 2.75) is 13.8 Å². The molecule has 1 N–H and O–H groups in total. The molecule has 1 amide bonds. The summed E-state index contributed by atoms with van der Waals surface area (Å²) in [5, 5.41) is 3.42. The minimum Gasteiger partial charge on any atom is -0.462 e. The lowest BCUT2D eigenvalue weighted by atomic mass is 10.2. The summed E-state index contributed by atoms with van der Waals surface area (Å²) in [7, 11) is 0. The molecule has 110 valence electrons.